The fourth-order valence-corrected chi connectivity index (χ4v) is 4.22. The number of hydrogen-bond donors (Lipinski definition) is 4. The predicted octanol–water partition coefficient (Wildman–Crippen LogP) is 2.23. The summed E-state index contributed by atoms with van der Waals surface area (Å²) in [5.74, 6) is -3.60. The molecule has 2 aromatic rings. The van der Waals surface area contributed by atoms with Crippen LogP contribution in [0.15, 0.2) is 60.7 Å². The minimum atomic E-state index is -3.78. The number of amides is 1. The number of rotatable bonds is 10. The summed E-state index contributed by atoms with van der Waals surface area (Å²) in [6.07, 6.45) is 0.00867. The lowest BCUT2D eigenvalue weighted by atomic mass is 9.99. The molecule has 0 spiro atoms. The van der Waals surface area contributed by atoms with Crippen molar-refractivity contribution >= 4 is 19.2 Å². The van der Waals surface area contributed by atoms with Crippen molar-refractivity contribution in [3.63, 3.8) is 0 Å². The van der Waals surface area contributed by atoms with Crippen molar-refractivity contribution in [3.8, 4) is 0 Å². The Morgan fingerprint density at radius 1 is 1.00 bits per heavy atom. The highest BCUT2D eigenvalue weighted by Gasteiger charge is 2.33. The maximum absolute atomic E-state index is 12.9. The van der Waals surface area contributed by atoms with E-state index in [9.17, 15) is 24.2 Å². The normalized spacial score (nSPS) is 16.2. The maximum Gasteiger partial charge on any atom is 0.326 e. The van der Waals surface area contributed by atoms with Gasteiger partial charge in [0.15, 0.2) is 0 Å². The summed E-state index contributed by atoms with van der Waals surface area (Å²) in [7, 11) is -3.78. The summed E-state index contributed by atoms with van der Waals surface area (Å²) < 4.78 is 12.5. The van der Waals surface area contributed by atoms with E-state index in [1.807, 2.05) is 36.4 Å². The van der Waals surface area contributed by atoms with Crippen molar-refractivity contribution in [1.82, 2.24) is 5.32 Å². The van der Waals surface area contributed by atoms with Crippen molar-refractivity contribution in [1.29, 1.82) is 0 Å². The molecule has 8 heteroatoms. The maximum atomic E-state index is 12.9. The summed E-state index contributed by atoms with van der Waals surface area (Å²) in [4.78, 5) is 34.8. The van der Waals surface area contributed by atoms with Crippen LogP contribution in [0.3, 0.4) is 0 Å². The number of carboxylic acids is 1. The summed E-state index contributed by atoms with van der Waals surface area (Å²) in [5, 5.41) is 12.1. The molecule has 156 valence electrons. The molecule has 7 nitrogen and oxygen atoms in total. The van der Waals surface area contributed by atoms with Crippen LogP contribution in [0.25, 0.3) is 0 Å². The van der Waals surface area contributed by atoms with E-state index < -0.39 is 37.0 Å². The molecule has 0 saturated heterocycles. The molecular weight excluding hydrogens is 391 g/mol. The largest absolute Gasteiger partial charge is 0.480 e. The molecule has 3 unspecified atom stereocenters. The number of benzene rings is 2. The molecule has 0 aliphatic carbocycles. The van der Waals surface area contributed by atoms with Crippen LogP contribution in [-0.4, -0.2) is 39.9 Å². The zero-order chi connectivity index (χ0) is 21.4. The van der Waals surface area contributed by atoms with Crippen LogP contribution in [0.2, 0.25) is 0 Å². The first-order valence-electron chi connectivity index (χ1n) is 9.37. The smallest absolute Gasteiger partial charge is 0.326 e. The molecular formula is C21H27N2O5P. The lowest BCUT2D eigenvalue weighted by Crippen LogP contribution is -2.46. The fourth-order valence-electron chi connectivity index (χ4n) is 2.96. The number of aliphatic carboxylic acids is 1. The zero-order valence-electron chi connectivity index (χ0n) is 16.3. The van der Waals surface area contributed by atoms with Crippen molar-refractivity contribution in [2.75, 3.05) is 6.16 Å². The van der Waals surface area contributed by atoms with E-state index in [-0.39, 0.29) is 19.0 Å². The van der Waals surface area contributed by atoms with Gasteiger partial charge in [0.2, 0.25) is 13.3 Å². The first-order valence-corrected chi connectivity index (χ1v) is 11.3. The van der Waals surface area contributed by atoms with Crippen LogP contribution < -0.4 is 11.1 Å². The molecule has 0 heterocycles. The highest BCUT2D eigenvalue weighted by molar-refractivity contribution is 7.58. The quantitative estimate of drug-likeness (QED) is 0.438. The molecule has 1 amide bonds. The minimum Gasteiger partial charge on any atom is -0.480 e. The van der Waals surface area contributed by atoms with Gasteiger partial charge in [0, 0.05) is 12.6 Å². The Kier molecular flexibility index (Phi) is 8.14. The van der Waals surface area contributed by atoms with Gasteiger partial charge >= 0.3 is 5.97 Å². The van der Waals surface area contributed by atoms with Gasteiger partial charge < -0.3 is 21.1 Å². The van der Waals surface area contributed by atoms with Gasteiger partial charge in [-0.2, -0.15) is 0 Å². The highest BCUT2D eigenvalue weighted by atomic mass is 31.2. The van der Waals surface area contributed by atoms with Crippen LogP contribution in [0.1, 0.15) is 18.1 Å². The van der Waals surface area contributed by atoms with Crippen molar-refractivity contribution in [2.24, 2.45) is 11.7 Å². The highest BCUT2D eigenvalue weighted by Crippen LogP contribution is 2.45. The Labute approximate surface area is 170 Å². The molecule has 5 N–H and O–H groups in total. The fraction of sp³-hybridized carbons (Fsp3) is 0.333. The summed E-state index contributed by atoms with van der Waals surface area (Å²) >= 11 is 0. The Morgan fingerprint density at radius 3 is 1.93 bits per heavy atom. The number of carboxylic acid groups (broad SMARTS) is 1. The summed E-state index contributed by atoms with van der Waals surface area (Å²) in [5.41, 5.74) is 7.20. The zero-order valence-corrected chi connectivity index (χ0v) is 17.2. The topological polar surface area (TPSA) is 130 Å². The summed E-state index contributed by atoms with van der Waals surface area (Å²) in [6.45, 7) is 1.42. The van der Waals surface area contributed by atoms with Gasteiger partial charge in [-0.05, 0) is 24.5 Å². The monoisotopic (exact) mass is 418 g/mol. The van der Waals surface area contributed by atoms with Crippen molar-refractivity contribution in [3.05, 3.63) is 71.8 Å². The number of hydrogen-bond acceptors (Lipinski definition) is 4. The predicted molar refractivity (Wildman–Crippen MR) is 112 cm³/mol. The van der Waals surface area contributed by atoms with Gasteiger partial charge in [-0.3, -0.25) is 9.36 Å². The first-order chi connectivity index (χ1) is 13.7. The van der Waals surface area contributed by atoms with Crippen molar-refractivity contribution < 1.29 is 24.2 Å². The lowest BCUT2D eigenvalue weighted by Gasteiger charge is -2.24. The van der Waals surface area contributed by atoms with Gasteiger partial charge in [0.1, 0.15) is 6.04 Å². The second-order valence-corrected chi connectivity index (χ2v) is 9.85. The van der Waals surface area contributed by atoms with Crippen LogP contribution >= 0.6 is 7.37 Å². The average Bonchev–Trinajstić information content (AvgIpc) is 2.68. The molecule has 0 radical (unpaired) electrons. The van der Waals surface area contributed by atoms with Gasteiger partial charge in [-0.25, -0.2) is 4.79 Å². The Bertz CT molecular complexity index is 858. The minimum absolute atomic E-state index is 0.115. The second-order valence-electron chi connectivity index (χ2n) is 7.15. The van der Waals surface area contributed by atoms with E-state index in [0.717, 1.165) is 11.1 Å². The molecule has 0 fully saturated rings. The van der Waals surface area contributed by atoms with Gasteiger partial charge in [0.25, 0.3) is 0 Å². The molecule has 29 heavy (non-hydrogen) atoms. The molecule has 0 bridgehead atoms. The first kappa shape index (κ1) is 22.8. The lowest BCUT2D eigenvalue weighted by molar-refractivity contribution is -0.142. The standard InChI is InChI=1S/C21H27N2O5P/c1-15(22)29(27,28)14-18(12-16-8-4-2-5-9-16)20(24)23-19(21(25)26)13-17-10-6-3-7-11-17/h2-11,15,18-19H,12-14,22H2,1H3,(H,23,24)(H,25,26)(H,27,28)/t15?,18?,19-/m0/s1. The summed E-state index contributed by atoms with van der Waals surface area (Å²) in [6, 6.07) is 16.9. The second kappa shape index (κ2) is 10.3. The molecule has 0 aromatic heterocycles. The number of carbonyl (C=O) groups is 2. The van der Waals surface area contributed by atoms with E-state index in [2.05, 4.69) is 5.32 Å². The van der Waals surface area contributed by atoms with Gasteiger partial charge in [-0.15, -0.1) is 0 Å². The Balaban J connectivity index is 2.19. The molecule has 0 aliphatic rings. The van der Waals surface area contributed by atoms with Gasteiger partial charge in [-0.1, -0.05) is 60.7 Å². The van der Waals surface area contributed by atoms with E-state index in [1.54, 1.807) is 24.3 Å². The molecule has 0 aliphatic heterocycles. The van der Waals surface area contributed by atoms with E-state index in [4.69, 9.17) is 5.73 Å². The molecule has 0 saturated carbocycles. The van der Waals surface area contributed by atoms with Crippen LogP contribution in [0.5, 0.6) is 0 Å². The Hall–Kier alpha value is -2.47. The van der Waals surface area contributed by atoms with E-state index in [0.29, 0.717) is 0 Å². The Morgan fingerprint density at radius 2 is 1.48 bits per heavy atom. The molecule has 2 rings (SSSR count). The number of nitrogens with one attached hydrogen (secondary N) is 1. The number of nitrogens with two attached hydrogens (primary N) is 1. The average molecular weight is 418 g/mol. The van der Waals surface area contributed by atoms with E-state index in [1.165, 1.54) is 6.92 Å². The third kappa shape index (κ3) is 7.13. The number of carbonyl (C=O) groups excluding carboxylic acids is 1. The third-order valence-electron chi connectivity index (χ3n) is 4.71. The van der Waals surface area contributed by atoms with Gasteiger partial charge in [0.05, 0.1) is 11.7 Å². The van der Waals surface area contributed by atoms with Crippen molar-refractivity contribution in [2.45, 2.75) is 31.6 Å². The van der Waals surface area contributed by atoms with Crippen LogP contribution in [-0.2, 0) is 27.0 Å². The van der Waals surface area contributed by atoms with Crippen LogP contribution in [0, 0.1) is 5.92 Å². The molecule has 4 atom stereocenters. The van der Waals surface area contributed by atoms with Crippen LogP contribution in [0.4, 0.5) is 0 Å². The molecule has 2 aromatic carbocycles. The van der Waals surface area contributed by atoms with E-state index >= 15 is 0 Å². The SMILES string of the molecule is CC(N)P(=O)(O)CC(Cc1ccccc1)C(=O)N[C@@H](Cc1ccccc1)C(=O)O. The third-order valence-corrected chi connectivity index (χ3v) is 6.95.